The summed E-state index contributed by atoms with van der Waals surface area (Å²) in [6.45, 7) is 7.30. The SMILES string of the molecule is Cc1ccc(C)c(N2CC=C[C@]34S[C@]5(C)/C=C\CCCCOC(=O)[C@@H]5[C@H]3C(=O)N(CCCCCO)C4C2=O)c1. The topological polar surface area (TPSA) is 87.2 Å². The van der Waals surface area contributed by atoms with Crippen LogP contribution >= 0.6 is 11.8 Å². The van der Waals surface area contributed by atoms with Gasteiger partial charge >= 0.3 is 5.97 Å². The summed E-state index contributed by atoms with van der Waals surface area (Å²) in [7, 11) is 0. The van der Waals surface area contributed by atoms with E-state index in [2.05, 4.69) is 18.2 Å². The minimum Gasteiger partial charge on any atom is -0.465 e. The Hall–Kier alpha value is -2.58. The van der Waals surface area contributed by atoms with Gasteiger partial charge in [-0.1, -0.05) is 36.4 Å². The number of esters is 1. The summed E-state index contributed by atoms with van der Waals surface area (Å²) in [5.74, 6) is -1.97. The summed E-state index contributed by atoms with van der Waals surface area (Å²) in [5, 5.41) is 9.28. The van der Waals surface area contributed by atoms with Crippen LogP contribution < -0.4 is 4.90 Å². The first kappa shape index (κ1) is 28.0. The Morgan fingerprint density at radius 2 is 1.85 bits per heavy atom. The number of rotatable bonds is 6. The number of allylic oxidation sites excluding steroid dienone is 1. The highest BCUT2D eigenvalue weighted by molar-refractivity contribution is 8.02. The van der Waals surface area contributed by atoms with E-state index in [-0.39, 0.29) is 24.4 Å². The van der Waals surface area contributed by atoms with Gasteiger partial charge in [0.15, 0.2) is 0 Å². The molecule has 2 amide bonds. The molecule has 7 nitrogen and oxygen atoms in total. The van der Waals surface area contributed by atoms with E-state index < -0.39 is 27.4 Å². The zero-order valence-electron chi connectivity index (χ0n) is 23.2. The Morgan fingerprint density at radius 3 is 2.64 bits per heavy atom. The molecule has 1 N–H and O–H groups in total. The highest BCUT2D eigenvalue weighted by Crippen LogP contribution is 2.65. The fraction of sp³-hybridized carbons (Fsp3) is 0.581. The molecular weight excluding hydrogens is 512 g/mol. The lowest BCUT2D eigenvalue weighted by atomic mass is 9.74. The van der Waals surface area contributed by atoms with Gasteiger partial charge in [0.05, 0.1) is 23.2 Å². The molecule has 0 bridgehead atoms. The minimum absolute atomic E-state index is 0.0977. The van der Waals surface area contributed by atoms with E-state index >= 15 is 0 Å². The average molecular weight is 553 g/mol. The van der Waals surface area contributed by atoms with E-state index in [1.807, 2.05) is 49.9 Å². The van der Waals surface area contributed by atoms with Crippen molar-refractivity contribution in [2.24, 2.45) is 11.8 Å². The number of aryl methyl sites for hydroxylation is 2. The highest BCUT2D eigenvalue weighted by atomic mass is 32.2. The smallest absolute Gasteiger partial charge is 0.311 e. The van der Waals surface area contributed by atoms with E-state index in [4.69, 9.17) is 4.74 Å². The second-order valence-electron chi connectivity index (χ2n) is 11.5. The summed E-state index contributed by atoms with van der Waals surface area (Å²) >= 11 is 1.59. The number of cyclic esters (lactones) is 1. The van der Waals surface area contributed by atoms with Gasteiger partial charge in [-0.3, -0.25) is 14.4 Å². The van der Waals surface area contributed by atoms with Crippen LogP contribution in [0.1, 0.15) is 56.6 Å². The Labute approximate surface area is 235 Å². The molecule has 5 atom stereocenters. The van der Waals surface area contributed by atoms with Gasteiger partial charge in [-0.15, -0.1) is 11.8 Å². The van der Waals surface area contributed by atoms with E-state index in [9.17, 15) is 19.5 Å². The number of hydrogen-bond acceptors (Lipinski definition) is 6. The number of carbonyl (C=O) groups is 3. The molecule has 0 aliphatic carbocycles. The molecule has 1 aromatic rings. The molecule has 1 unspecified atom stereocenters. The van der Waals surface area contributed by atoms with Crippen LogP contribution in [0.25, 0.3) is 0 Å². The van der Waals surface area contributed by atoms with Crippen LogP contribution in [0, 0.1) is 25.7 Å². The first-order chi connectivity index (χ1) is 18.7. The van der Waals surface area contributed by atoms with Crippen LogP contribution in [-0.4, -0.2) is 69.6 Å². The van der Waals surface area contributed by atoms with E-state index in [0.717, 1.165) is 42.5 Å². The molecule has 0 aromatic heterocycles. The molecule has 4 aliphatic heterocycles. The number of anilines is 1. The first-order valence-electron chi connectivity index (χ1n) is 14.3. The van der Waals surface area contributed by atoms with Crippen molar-refractivity contribution in [1.82, 2.24) is 4.90 Å². The second kappa shape index (κ2) is 11.1. The number of aliphatic hydroxyl groups is 1. The van der Waals surface area contributed by atoms with Gasteiger partial charge in [-0.25, -0.2) is 0 Å². The molecular formula is C31H40N2O5S. The highest BCUT2D eigenvalue weighted by Gasteiger charge is 2.73. The molecule has 0 radical (unpaired) electrons. The molecule has 4 aliphatic rings. The maximum atomic E-state index is 14.6. The summed E-state index contributed by atoms with van der Waals surface area (Å²) in [6, 6.07) is 5.36. The number of benzene rings is 1. The molecule has 5 rings (SSSR count). The fourth-order valence-electron chi connectivity index (χ4n) is 6.83. The van der Waals surface area contributed by atoms with Crippen molar-refractivity contribution in [3.63, 3.8) is 0 Å². The number of fused-ring (bicyclic) bond motifs is 2. The van der Waals surface area contributed by atoms with Crippen molar-refractivity contribution >= 4 is 35.2 Å². The number of amides is 2. The van der Waals surface area contributed by atoms with E-state index in [1.165, 1.54) is 0 Å². The van der Waals surface area contributed by atoms with Crippen LogP contribution in [0.15, 0.2) is 42.5 Å². The Balaban J connectivity index is 1.61. The molecule has 1 spiro atoms. The largest absolute Gasteiger partial charge is 0.465 e. The predicted molar refractivity (Wildman–Crippen MR) is 154 cm³/mol. The molecule has 2 saturated heterocycles. The number of nitrogens with zero attached hydrogens (tertiary/aromatic N) is 2. The summed E-state index contributed by atoms with van der Waals surface area (Å²) < 4.78 is 4.20. The first-order valence-corrected chi connectivity index (χ1v) is 15.1. The van der Waals surface area contributed by atoms with Crippen molar-refractivity contribution in [1.29, 1.82) is 0 Å². The lowest BCUT2D eigenvalue weighted by Gasteiger charge is -2.37. The van der Waals surface area contributed by atoms with Gasteiger partial charge in [0.1, 0.15) is 6.04 Å². The number of carbonyl (C=O) groups excluding carboxylic acids is 3. The third kappa shape index (κ3) is 4.84. The maximum Gasteiger partial charge on any atom is 0.311 e. The van der Waals surface area contributed by atoms with Crippen molar-refractivity contribution in [2.45, 2.75) is 74.8 Å². The predicted octanol–water partition coefficient (Wildman–Crippen LogP) is 4.34. The monoisotopic (exact) mass is 552 g/mol. The Bertz CT molecular complexity index is 1200. The third-order valence-electron chi connectivity index (χ3n) is 8.71. The van der Waals surface area contributed by atoms with Crippen molar-refractivity contribution in [2.75, 3.05) is 31.2 Å². The van der Waals surface area contributed by atoms with Crippen LogP contribution in [0.5, 0.6) is 0 Å². The lowest BCUT2D eigenvalue weighted by Crippen LogP contribution is -2.53. The Morgan fingerprint density at radius 1 is 1.03 bits per heavy atom. The van der Waals surface area contributed by atoms with Gasteiger partial charge in [0.2, 0.25) is 5.91 Å². The van der Waals surface area contributed by atoms with Crippen molar-refractivity contribution in [3.05, 3.63) is 53.6 Å². The van der Waals surface area contributed by atoms with Crippen LogP contribution in [0.4, 0.5) is 5.69 Å². The maximum absolute atomic E-state index is 14.6. The molecule has 2 fully saturated rings. The zero-order valence-corrected chi connectivity index (χ0v) is 24.0. The fourth-order valence-corrected chi connectivity index (χ4v) is 8.99. The Kier molecular flexibility index (Phi) is 7.98. The number of unbranched alkanes of at least 4 members (excludes halogenated alkanes) is 2. The average Bonchev–Trinajstić information content (AvgIpc) is 3.23. The van der Waals surface area contributed by atoms with Gasteiger partial charge in [-0.2, -0.15) is 0 Å². The van der Waals surface area contributed by atoms with Crippen LogP contribution in [-0.2, 0) is 19.1 Å². The van der Waals surface area contributed by atoms with Gasteiger partial charge in [0.25, 0.3) is 5.91 Å². The van der Waals surface area contributed by atoms with Gasteiger partial charge < -0.3 is 19.6 Å². The molecule has 0 saturated carbocycles. The number of hydrogen-bond donors (Lipinski definition) is 1. The van der Waals surface area contributed by atoms with E-state index in [1.54, 1.807) is 16.7 Å². The van der Waals surface area contributed by atoms with Crippen LogP contribution in [0.2, 0.25) is 0 Å². The lowest BCUT2D eigenvalue weighted by molar-refractivity contribution is -0.154. The van der Waals surface area contributed by atoms with Gasteiger partial charge in [0, 0.05) is 30.1 Å². The van der Waals surface area contributed by atoms with Crippen molar-refractivity contribution < 1.29 is 24.2 Å². The quantitative estimate of drug-likeness (QED) is 0.321. The van der Waals surface area contributed by atoms with Crippen molar-refractivity contribution in [3.8, 4) is 0 Å². The summed E-state index contributed by atoms with van der Waals surface area (Å²) in [6.07, 6.45) is 13.0. The molecule has 4 heterocycles. The molecule has 1 aromatic carbocycles. The second-order valence-corrected chi connectivity index (χ2v) is 13.3. The standard InChI is InChI=1S/C31H40N2O5S/c1-21-12-13-22(2)23(20-21)32-17-11-15-31-24(27(35)33(26(31)28(32)36)16-8-6-9-18-34)25-29(37)38-19-10-5-4-7-14-30(25,3)39-31/h7,11-15,20,24-26,34H,4-6,8-10,16-19H2,1-3H3/b14-7-/t24-,25-,26?,30+,31-/m0/s1. The minimum atomic E-state index is -0.881. The zero-order chi connectivity index (χ0) is 27.8. The number of likely N-dealkylation sites (tertiary alicyclic amines) is 1. The number of thioether (sulfide) groups is 1. The normalized spacial score (nSPS) is 33.3. The summed E-state index contributed by atoms with van der Waals surface area (Å²) in [4.78, 5) is 46.1. The number of ether oxygens (including phenoxy) is 1. The molecule has 210 valence electrons. The molecule has 8 heteroatoms. The summed E-state index contributed by atoms with van der Waals surface area (Å²) in [5.41, 5.74) is 2.92. The molecule has 39 heavy (non-hydrogen) atoms. The van der Waals surface area contributed by atoms with Crippen LogP contribution in [0.3, 0.4) is 0 Å². The van der Waals surface area contributed by atoms with Gasteiger partial charge in [-0.05, 0) is 76.5 Å². The number of aliphatic hydroxyl groups excluding tert-OH is 1. The van der Waals surface area contributed by atoms with E-state index in [0.29, 0.717) is 32.5 Å². The third-order valence-corrected chi connectivity index (χ3v) is 10.5.